The van der Waals surface area contributed by atoms with Crippen LogP contribution in [-0.4, -0.2) is 29.2 Å². The van der Waals surface area contributed by atoms with Gasteiger partial charge in [-0.05, 0) is 18.2 Å². The van der Waals surface area contributed by atoms with Gasteiger partial charge in [0.15, 0.2) is 0 Å². The van der Waals surface area contributed by atoms with E-state index in [1.54, 1.807) is 25.6 Å². The quantitative estimate of drug-likeness (QED) is 0.787. The third kappa shape index (κ3) is 2.84. The number of fused-ring (bicyclic) bond motifs is 1. The molecule has 0 saturated heterocycles. The van der Waals surface area contributed by atoms with Crippen LogP contribution in [0.2, 0.25) is 0 Å². The summed E-state index contributed by atoms with van der Waals surface area (Å²) >= 11 is 0. The zero-order valence-electron chi connectivity index (χ0n) is 12.3. The molecule has 0 fully saturated rings. The highest BCUT2D eigenvalue weighted by molar-refractivity contribution is 6.12. The molecule has 3 rings (SSSR count). The molecule has 0 spiro atoms. The Bertz CT molecular complexity index is 781. The zero-order chi connectivity index (χ0) is 15.4. The number of anilines is 1. The number of hydrogen-bond acceptors (Lipinski definition) is 3. The Labute approximate surface area is 128 Å². The minimum atomic E-state index is -0.139. The van der Waals surface area contributed by atoms with Crippen LogP contribution in [-0.2, 0) is 11.3 Å². The second kappa shape index (κ2) is 6.41. The number of benzene rings is 1. The lowest BCUT2D eigenvalue weighted by Crippen LogP contribution is -2.11. The molecule has 1 N–H and O–H groups in total. The number of hydrogen-bond donors (Lipinski definition) is 1. The summed E-state index contributed by atoms with van der Waals surface area (Å²) in [6.07, 6.45) is 5.17. The highest BCUT2D eigenvalue weighted by Crippen LogP contribution is 2.22. The van der Waals surface area contributed by atoms with Gasteiger partial charge in [0.2, 0.25) is 0 Å². The van der Waals surface area contributed by atoms with Gasteiger partial charge in [-0.2, -0.15) is 0 Å². The van der Waals surface area contributed by atoms with Crippen molar-refractivity contribution >= 4 is 22.5 Å². The molecule has 2 aromatic heterocycles. The molecule has 0 unspecified atom stereocenters. The molecule has 0 aliphatic carbocycles. The van der Waals surface area contributed by atoms with Crippen LogP contribution in [0.15, 0.2) is 55.0 Å². The van der Waals surface area contributed by atoms with Gasteiger partial charge in [-0.25, -0.2) is 0 Å². The van der Waals surface area contributed by atoms with Crippen molar-refractivity contribution < 1.29 is 9.53 Å². The van der Waals surface area contributed by atoms with E-state index in [2.05, 4.69) is 10.3 Å². The van der Waals surface area contributed by atoms with Gasteiger partial charge in [0.1, 0.15) is 0 Å². The van der Waals surface area contributed by atoms with Crippen molar-refractivity contribution in [3.63, 3.8) is 0 Å². The molecule has 2 heterocycles. The summed E-state index contributed by atoms with van der Waals surface area (Å²) in [7, 11) is 1.67. The number of methoxy groups -OCH3 is 1. The molecule has 5 heteroatoms. The number of para-hydroxylation sites is 1. The molecule has 3 aromatic rings. The molecular formula is C17H17N3O2. The minimum Gasteiger partial charge on any atom is -0.383 e. The lowest BCUT2D eigenvalue weighted by atomic mass is 10.1. The fraction of sp³-hybridized carbons (Fsp3) is 0.176. The summed E-state index contributed by atoms with van der Waals surface area (Å²) < 4.78 is 7.17. The number of aromatic nitrogens is 2. The van der Waals surface area contributed by atoms with Gasteiger partial charge in [0.25, 0.3) is 5.91 Å². The lowest BCUT2D eigenvalue weighted by molar-refractivity contribution is 0.102. The molecular weight excluding hydrogens is 278 g/mol. The monoisotopic (exact) mass is 295 g/mol. The maximum absolute atomic E-state index is 12.5. The number of ether oxygens (including phenoxy) is 1. The van der Waals surface area contributed by atoms with Gasteiger partial charge < -0.3 is 14.6 Å². The molecule has 1 aromatic carbocycles. The van der Waals surface area contributed by atoms with Gasteiger partial charge >= 0.3 is 0 Å². The van der Waals surface area contributed by atoms with Crippen molar-refractivity contribution in [2.24, 2.45) is 0 Å². The second-order valence-corrected chi connectivity index (χ2v) is 4.94. The number of pyridine rings is 1. The Kier molecular flexibility index (Phi) is 4.16. The van der Waals surface area contributed by atoms with Gasteiger partial charge in [-0.15, -0.1) is 0 Å². The number of amides is 1. The maximum Gasteiger partial charge on any atom is 0.257 e. The summed E-state index contributed by atoms with van der Waals surface area (Å²) in [5, 5.41) is 3.80. The van der Waals surface area contributed by atoms with Crippen LogP contribution in [0.4, 0.5) is 5.69 Å². The van der Waals surface area contributed by atoms with Gasteiger partial charge in [0, 0.05) is 37.0 Å². The second-order valence-electron chi connectivity index (χ2n) is 4.94. The highest BCUT2D eigenvalue weighted by Gasteiger charge is 2.14. The number of rotatable bonds is 5. The number of carbonyl (C=O) groups excluding carboxylic acids is 1. The third-order valence-corrected chi connectivity index (χ3v) is 3.49. The maximum atomic E-state index is 12.5. The van der Waals surface area contributed by atoms with Crippen molar-refractivity contribution in [2.45, 2.75) is 6.54 Å². The molecule has 0 saturated carbocycles. The summed E-state index contributed by atoms with van der Waals surface area (Å²) in [6, 6.07) is 11.5. The third-order valence-electron chi connectivity index (χ3n) is 3.49. The van der Waals surface area contributed by atoms with E-state index in [9.17, 15) is 4.79 Å². The Morgan fingerprint density at radius 1 is 1.27 bits per heavy atom. The van der Waals surface area contributed by atoms with Crippen LogP contribution >= 0.6 is 0 Å². The van der Waals surface area contributed by atoms with Crippen LogP contribution < -0.4 is 5.32 Å². The van der Waals surface area contributed by atoms with E-state index < -0.39 is 0 Å². The number of nitrogens with one attached hydrogen (secondary N) is 1. The summed E-state index contributed by atoms with van der Waals surface area (Å²) in [5.74, 6) is -0.139. The molecule has 1 amide bonds. The van der Waals surface area contributed by atoms with Crippen molar-refractivity contribution in [3.05, 3.63) is 60.6 Å². The van der Waals surface area contributed by atoms with Gasteiger partial charge in [-0.3, -0.25) is 9.78 Å². The average molecular weight is 295 g/mol. The Morgan fingerprint density at radius 3 is 2.91 bits per heavy atom. The van der Waals surface area contributed by atoms with E-state index in [0.717, 1.165) is 10.9 Å². The van der Waals surface area contributed by atoms with Crippen LogP contribution in [0, 0.1) is 0 Å². The van der Waals surface area contributed by atoms with E-state index in [-0.39, 0.29) is 5.91 Å². The Balaban J connectivity index is 1.94. The van der Waals surface area contributed by atoms with E-state index in [4.69, 9.17) is 4.74 Å². The predicted octanol–water partition coefficient (Wildman–Crippen LogP) is 2.94. The van der Waals surface area contributed by atoms with Crippen LogP contribution in [0.25, 0.3) is 10.9 Å². The van der Waals surface area contributed by atoms with Gasteiger partial charge in [0.05, 0.1) is 24.1 Å². The number of carbonyl (C=O) groups is 1. The molecule has 0 aliphatic rings. The summed E-state index contributed by atoms with van der Waals surface area (Å²) in [4.78, 5) is 16.5. The van der Waals surface area contributed by atoms with Gasteiger partial charge in [-0.1, -0.05) is 18.2 Å². The first-order valence-electron chi connectivity index (χ1n) is 7.08. The van der Waals surface area contributed by atoms with E-state index in [1.807, 2.05) is 41.1 Å². The van der Waals surface area contributed by atoms with Crippen molar-refractivity contribution in [1.29, 1.82) is 0 Å². The standard InChI is InChI=1S/C17H17N3O2/c1-22-10-9-20-12-15(14-6-2-3-7-16(14)20)17(21)19-13-5-4-8-18-11-13/h2-8,11-12H,9-10H2,1H3,(H,19,21). The first kappa shape index (κ1) is 14.3. The Hall–Kier alpha value is -2.66. The largest absolute Gasteiger partial charge is 0.383 e. The topological polar surface area (TPSA) is 56.1 Å². The van der Waals surface area contributed by atoms with Crippen molar-refractivity contribution in [2.75, 3.05) is 19.0 Å². The predicted molar refractivity (Wildman–Crippen MR) is 86.0 cm³/mol. The Morgan fingerprint density at radius 2 is 2.14 bits per heavy atom. The molecule has 0 bridgehead atoms. The van der Waals surface area contributed by atoms with Crippen LogP contribution in [0.5, 0.6) is 0 Å². The summed E-state index contributed by atoms with van der Waals surface area (Å²) in [5.41, 5.74) is 2.35. The van der Waals surface area contributed by atoms with Crippen LogP contribution in [0.1, 0.15) is 10.4 Å². The van der Waals surface area contributed by atoms with Crippen LogP contribution in [0.3, 0.4) is 0 Å². The molecule has 112 valence electrons. The molecule has 0 aliphatic heterocycles. The van der Waals surface area contributed by atoms with E-state index >= 15 is 0 Å². The normalized spacial score (nSPS) is 10.8. The van der Waals surface area contributed by atoms with E-state index in [1.165, 1.54) is 0 Å². The first-order chi connectivity index (χ1) is 10.8. The SMILES string of the molecule is COCCn1cc(C(=O)Nc2cccnc2)c2ccccc21. The fourth-order valence-electron chi connectivity index (χ4n) is 2.44. The smallest absolute Gasteiger partial charge is 0.257 e. The highest BCUT2D eigenvalue weighted by atomic mass is 16.5. The lowest BCUT2D eigenvalue weighted by Gasteiger charge is -2.03. The molecule has 22 heavy (non-hydrogen) atoms. The molecule has 5 nitrogen and oxygen atoms in total. The van der Waals surface area contributed by atoms with E-state index in [0.29, 0.717) is 24.4 Å². The number of nitrogens with zero attached hydrogens (tertiary/aromatic N) is 2. The first-order valence-corrected chi connectivity index (χ1v) is 7.08. The minimum absolute atomic E-state index is 0.139. The molecule has 0 atom stereocenters. The zero-order valence-corrected chi connectivity index (χ0v) is 12.3. The molecule has 0 radical (unpaired) electrons. The van der Waals surface area contributed by atoms with Crippen molar-refractivity contribution in [3.8, 4) is 0 Å². The average Bonchev–Trinajstić information content (AvgIpc) is 2.93. The summed E-state index contributed by atoms with van der Waals surface area (Å²) in [6.45, 7) is 1.31. The van der Waals surface area contributed by atoms with Crippen molar-refractivity contribution in [1.82, 2.24) is 9.55 Å². The fourth-order valence-corrected chi connectivity index (χ4v) is 2.44.